The molecule has 0 fully saturated rings. The average Bonchev–Trinajstić information content (AvgIpc) is 3.35. The predicted molar refractivity (Wildman–Crippen MR) is 124 cm³/mol. The maximum Gasteiger partial charge on any atom is 0.341 e. The van der Waals surface area contributed by atoms with Crippen LogP contribution in [0.15, 0.2) is 42.6 Å². The summed E-state index contributed by atoms with van der Waals surface area (Å²) in [5, 5.41) is 7.22. The van der Waals surface area contributed by atoms with Crippen LogP contribution in [0, 0.1) is 6.92 Å². The monoisotopic (exact) mass is 449 g/mol. The number of amides is 1. The molecule has 0 spiro atoms. The minimum Gasteiger partial charge on any atom is -0.492 e. The molecule has 0 radical (unpaired) electrons. The molecule has 1 aliphatic heterocycles. The number of carbonyl (C=O) groups excluding carboxylic acids is 2. The molecule has 1 aromatic heterocycles. The van der Waals surface area contributed by atoms with Crippen molar-refractivity contribution < 1.29 is 23.8 Å². The van der Waals surface area contributed by atoms with Crippen molar-refractivity contribution in [2.75, 3.05) is 18.5 Å². The minimum absolute atomic E-state index is 0.100. The fourth-order valence-electron chi connectivity index (χ4n) is 3.84. The smallest absolute Gasteiger partial charge is 0.341 e. The standard InChI is InChI=1S/C25H27N3O5/c1-5-31-23-12-18-11-15(3)33-22(18)13-21(23)27-24(29)17-7-9-19(10-8-17)28-16(4)20(14-26-28)25(30)32-6-2/h7-10,12-15H,5-6,11H2,1-4H3,(H,27,29). The zero-order valence-corrected chi connectivity index (χ0v) is 19.2. The van der Waals surface area contributed by atoms with Crippen molar-refractivity contribution in [3.8, 4) is 17.2 Å². The lowest BCUT2D eigenvalue weighted by Gasteiger charge is -2.14. The lowest BCUT2D eigenvalue weighted by molar-refractivity contribution is 0.0525. The highest BCUT2D eigenvalue weighted by Gasteiger charge is 2.23. The normalized spacial score (nSPS) is 14.4. The van der Waals surface area contributed by atoms with Crippen LogP contribution in [-0.4, -0.2) is 41.0 Å². The molecule has 172 valence electrons. The van der Waals surface area contributed by atoms with E-state index in [0.717, 1.165) is 23.4 Å². The number of anilines is 1. The number of benzene rings is 2. The van der Waals surface area contributed by atoms with Crippen molar-refractivity contribution in [2.24, 2.45) is 0 Å². The van der Waals surface area contributed by atoms with Crippen LogP contribution in [-0.2, 0) is 11.2 Å². The van der Waals surface area contributed by atoms with Gasteiger partial charge in [0.05, 0.1) is 36.5 Å². The SMILES string of the molecule is CCOC(=O)c1cnn(-c2ccc(C(=O)Nc3cc4c(cc3OCC)CC(C)O4)cc2)c1C. The number of hydrogen-bond acceptors (Lipinski definition) is 6. The van der Waals surface area contributed by atoms with Crippen molar-refractivity contribution in [3.63, 3.8) is 0 Å². The fraction of sp³-hybridized carbons (Fsp3) is 0.320. The molecule has 3 aromatic rings. The van der Waals surface area contributed by atoms with Crippen molar-refractivity contribution in [2.45, 2.75) is 40.2 Å². The molecule has 1 unspecified atom stereocenters. The van der Waals surface area contributed by atoms with Crippen molar-refractivity contribution in [1.82, 2.24) is 9.78 Å². The molecule has 0 aliphatic carbocycles. The molecule has 2 aromatic carbocycles. The quantitative estimate of drug-likeness (QED) is 0.540. The first kappa shape index (κ1) is 22.4. The van der Waals surface area contributed by atoms with E-state index in [1.807, 2.05) is 26.0 Å². The van der Waals surface area contributed by atoms with Crippen LogP contribution < -0.4 is 14.8 Å². The molecule has 8 heteroatoms. The largest absolute Gasteiger partial charge is 0.492 e. The van der Waals surface area contributed by atoms with E-state index in [0.29, 0.717) is 41.5 Å². The maximum atomic E-state index is 12.9. The molecule has 1 atom stereocenters. The Morgan fingerprint density at radius 2 is 1.94 bits per heavy atom. The first-order valence-corrected chi connectivity index (χ1v) is 11.0. The maximum absolute atomic E-state index is 12.9. The Morgan fingerprint density at radius 1 is 1.18 bits per heavy atom. The summed E-state index contributed by atoms with van der Waals surface area (Å²) in [5.74, 6) is 0.716. The molecule has 1 N–H and O–H groups in total. The Kier molecular flexibility index (Phi) is 6.35. The van der Waals surface area contributed by atoms with Gasteiger partial charge >= 0.3 is 5.97 Å². The highest BCUT2D eigenvalue weighted by atomic mass is 16.5. The van der Waals surface area contributed by atoms with Gasteiger partial charge in [-0.15, -0.1) is 0 Å². The predicted octanol–water partition coefficient (Wildman–Crippen LogP) is 4.33. The first-order chi connectivity index (χ1) is 15.9. The van der Waals surface area contributed by atoms with Gasteiger partial charge in [0, 0.05) is 23.6 Å². The Hall–Kier alpha value is -3.81. The van der Waals surface area contributed by atoms with Gasteiger partial charge in [-0.3, -0.25) is 4.79 Å². The van der Waals surface area contributed by atoms with Crippen LogP contribution in [0.5, 0.6) is 11.5 Å². The molecule has 4 rings (SSSR count). The van der Waals surface area contributed by atoms with Gasteiger partial charge in [-0.05, 0) is 58.0 Å². The van der Waals surface area contributed by atoms with E-state index in [-0.39, 0.29) is 12.0 Å². The second-order valence-electron chi connectivity index (χ2n) is 7.80. The number of rotatable bonds is 7. The number of nitrogens with zero attached hydrogens (tertiary/aromatic N) is 2. The molecule has 1 amide bonds. The van der Waals surface area contributed by atoms with E-state index in [4.69, 9.17) is 14.2 Å². The lowest BCUT2D eigenvalue weighted by Crippen LogP contribution is -2.13. The van der Waals surface area contributed by atoms with E-state index in [1.165, 1.54) is 6.20 Å². The van der Waals surface area contributed by atoms with Crippen molar-refractivity contribution in [3.05, 3.63) is 65.0 Å². The number of fused-ring (bicyclic) bond motifs is 1. The van der Waals surface area contributed by atoms with Crippen molar-refractivity contribution >= 4 is 17.6 Å². The number of nitrogens with one attached hydrogen (secondary N) is 1. The van der Waals surface area contributed by atoms with Crippen LogP contribution in [0.1, 0.15) is 52.7 Å². The summed E-state index contributed by atoms with van der Waals surface area (Å²) >= 11 is 0. The van der Waals surface area contributed by atoms with Crippen molar-refractivity contribution in [1.29, 1.82) is 0 Å². The van der Waals surface area contributed by atoms with Crippen LogP contribution >= 0.6 is 0 Å². The van der Waals surface area contributed by atoms with Gasteiger partial charge in [-0.1, -0.05) is 0 Å². The molecule has 0 saturated heterocycles. The van der Waals surface area contributed by atoms with Gasteiger partial charge in [-0.2, -0.15) is 5.10 Å². The second kappa shape index (κ2) is 9.36. The summed E-state index contributed by atoms with van der Waals surface area (Å²) < 4.78 is 18.3. The number of carbonyl (C=O) groups is 2. The van der Waals surface area contributed by atoms with E-state index in [9.17, 15) is 9.59 Å². The van der Waals surface area contributed by atoms with E-state index >= 15 is 0 Å². The molecule has 1 aliphatic rings. The summed E-state index contributed by atoms with van der Waals surface area (Å²) in [6.07, 6.45) is 2.40. The summed E-state index contributed by atoms with van der Waals surface area (Å²) in [4.78, 5) is 25.0. The van der Waals surface area contributed by atoms with Gasteiger partial charge in [0.15, 0.2) is 0 Å². The highest BCUT2D eigenvalue weighted by Crippen LogP contribution is 2.38. The van der Waals surface area contributed by atoms with Gasteiger partial charge in [0.25, 0.3) is 5.91 Å². The Bertz CT molecular complexity index is 1180. The highest BCUT2D eigenvalue weighted by molar-refractivity contribution is 6.05. The summed E-state index contributed by atoms with van der Waals surface area (Å²) in [6, 6.07) is 10.7. The first-order valence-electron chi connectivity index (χ1n) is 11.0. The molecular formula is C25H27N3O5. The average molecular weight is 450 g/mol. The number of ether oxygens (including phenoxy) is 3. The Morgan fingerprint density at radius 3 is 2.64 bits per heavy atom. The fourth-order valence-corrected chi connectivity index (χ4v) is 3.84. The topological polar surface area (TPSA) is 91.7 Å². The zero-order chi connectivity index (χ0) is 23.5. The number of aromatic nitrogens is 2. The van der Waals surface area contributed by atoms with Crippen LogP contribution in [0.2, 0.25) is 0 Å². The van der Waals surface area contributed by atoms with Gasteiger partial charge < -0.3 is 19.5 Å². The number of hydrogen-bond donors (Lipinski definition) is 1. The lowest BCUT2D eigenvalue weighted by atomic mass is 10.1. The zero-order valence-electron chi connectivity index (χ0n) is 19.2. The van der Waals surface area contributed by atoms with Crippen LogP contribution in [0.4, 0.5) is 5.69 Å². The molecule has 2 heterocycles. The molecule has 8 nitrogen and oxygen atoms in total. The molecular weight excluding hydrogens is 422 g/mol. The molecule has 0 saturated carbocycles. The van der Waals surface area contributed by atoms with E-state index in [2.05, 4.69) is 10.4 Å². The third kappa shape index (κ3) is 4.55. The van der Waals surface area contributed by atoms with Gasteiger partial charge in [0.2, 0.25) is 0 Å². The third-order valence-electron chi connectivity index (χ3n) is 5.43. The summed E-state index contributed by atoms with van der Waals surface area (Å²) in [7, 11) is 0. The van der Waals surface area contributed by atoms with Crippen LogP contribution in [0.3, 0.4) is 0 Å². The summed E-state index contributed by atoms with van der Waals surface area (Å²) in [5.41, 5.74) is 3.93. The Balaban J connectivity index is 1.53. The summed E-state index contributed by atoms with van der Waals surface area (Å²) in [6.45, 7) is 8.26. The minimum atomic E-state index is -0.407. The van der Waals surface area contributed by atoms with E-state index < -0.39 is 5.97 Å². The van der Waals surface area contributed by atoms with Gasteiger partial charge in [-0.25, -0.2) is 9.48 Å². The van der Waals surface area contributed by atoms with Crippen LogP contribution in [0.25, 0.3) is 5.69 Å². The molecule has 0 bridgehead atoms. The number of esters is 1. The molecule has 33 heavy (non-hydrogen) atoms. The third-order valence-corrected chi connectivity index (χ3v) is 5.43. The Labute approximate surface area is 192 Å². The second-order valence-corrected chi connectivity index (χ2v) is 7.80. The van der Waals surface area contributed by atoms with Gasteiger partial charge in [0.1, 0.15) is 23.2 Å². The van der Waals surface area contributed by atoms with E-state index in [1.54, 1.807) is 42.8 Å².